The van der Waals surface area contributed by atoms with Crippen molar-refractivity contribution in [2.75, 3.05) is 39.3 Å². The number of sulfonamides is 1. The van der Waals surface area contributed by atoms with E-state index in [0.717, 1.165) is 23.9 Å². The summed E-state index contributed by atoms with van der Waals surface area (Å²) in [6, 6.07) is 12.9. The van der Waals surface area contributed by atoms with Crippen molar-refractivity contribution >= 4 is 32.6 Å². The maximum Gasteiger partial charge on any atom is 0.243 e. The van der Waals surface area contributed by atoms with Crippen molar-refractivity contribution in [1.29, 1.82) is 0 Å². The minimum absolute atomic E-state index is 0.00195. The lowest BCUT2D eigenvalue weighted by atomic mass is 9.92. The Balaban J connectivity index is 1.32. The summed E-state index contributed by atoms with van der Waals surface area (Å²) in [7, 11) is -3.59. The third-order valence-corrected chi connectivity index (χ3v) is 9.29. The summed E-state index contributed by atoms with van der Waals surface area (Å²) in [5, 5.41) is 1.91. The molecule has 0 spiro atoms. The number of amides is 2. The van der Waals surface area contributed by atoms with Crippen molar-refractivity contribution in [3.8, 4) is 0 Å². The van der Waals surface area contributed by atoms with Gasteiger partial charge in [-0.1, -0.05) is 30.3 Å². The molecule has 4 rings (SSSR count). The number of carbonyl (C=O) groups is 2. The first-order chi connectivity index (χ1) is 16.3. The molecule has 0 saturated carbocycles. The van der Waals surface area contributed by atoms with Gasteiger partial charge in [0.05, 0.1) is 4.90 Å². The molecule has 2 saturated heterocycles. The van der Waals surface area contributed by atoms with Crippen LogP contribution in [0.3, 0.4) is 0 Å². The molecule has 0 aliphatic carbocycles. The molecule has 0 bridgehead atoms. The maximum atomic E-state index is 13.2. The molecule has 8 heteroatoms. The molecule has 0 atom stereocenters. The lowest BCUT2D eigenvalue weighted by molar-refractivity contribution is -0.143. The summed E-state index contributed by atoms with van der Waals surface area (Å²) < 4.78 is 27.9. The third-order valence-electron chi connectivity index (χ3n) is 7.39. The third kappa shape index (κ3) is 4.98. The fourth-order valence-corrected chi connectivity index (χ4v) is 6.72. The Bertz CT molecular complexity index is 1130. The standard InChI is InChI=1S/C26H35N3O4S/c1-3-27(4-2)25(30)21-11-15-28(16-12-21)26(31)22-13-17-29(18-14-22)34(32,33)24-10-9-20-7-5-6-8-23(20)19-24/h5-10,19,21-22H,3-4,11-18H2,1-2H3. The largest absolute Gasteiger partial charge is 0.343 e. The zero-order valence-corrected chi connectivity index (χ0v) is 21.0. The van der Waals surface area contributed by atoms with Gasteiger partial charge < -0.3 is 9.80 Å². The number of likely N-dealkylation sites (tertiary alicyclic amines) is 1. The second-order valence-electron chi connectivity index (χ2n) is 9.30. The van der Waals surface area contributed by atoms with E-state index >= 15 is 0 Å². The normalized spacial score (nSPS) is 18.8. The highest BCUT2D eigenvalue weighted by atomic mass is 32.2. The summed E-state index contributed by atoms with van der Waals surface area (Å²) >= 11 is 0. The van der Waals surface area contributed by atoms with E-state index in [4.69, 9.17) is 0 Å². The van der Waals surface area contributed by atoms with E-state index < -0.39 is 10.0 Å². The summed E-state index contributed by atoms with van der Waals surface area (Å²) in [5.41, 5.74) is 0. The lowest BCUT2D eigenvalue weighted by Crippen LogP contribution is -2.48. The highest BCUT2D eigenvalue weighted by Gasteiger charge is 2.36. The molecule has 2 amide bonds. The van der Waals surface area contributed by atoms with E-state index in [1.807, 2.05) is 54.0 Å². The average molecular weight is 486 g/mol. The highest BCUT2D eigenvalue weighted by molar-refractivity contribution is 7.89. The molecule has 2 aliphatic rings. The van der Waals surface area contributed by atoms with Crippen LogP contribution < -0.4 is 0 Å². The van der Waals surface area contributed by atoms with Crippen molar-refractivity contribution in [3.05, 3.63) is 42.5 Å². The van der Waals surface area contributed by atoms with Gasteiger partial charge in [-0.05, 0) is 62.4 Å². The van der Waals surface area contributed by atoms with E-state index in [2.05, 4.69) is 0 Å². The van der Waals surface area contributed by atoms with Crippen molar-refractivity contribution in [2.45, 2.75) is 44.4 Å². The van der Waals surface area contributed by atoms with Crippen LogP contribution in [0.1, 0.15) is 39.5 Å². The van der Waals surface area contributed by atoms with E-state index in [1.165, 1.54) is 4.31 Å². The average Bonchev–Trinajstić information content (AvgIpc) is 2.88. The van der Waals surface area contributed by atoms with Gasteiger partial charge in [-0.3, -0.25) is 9.59 Å². The van der Waals surface area contributed by atoms with Crippen molar-refractivity contribution in [2.24, 2.45) is 11.8 Å². The van der Waals surface area contributed by atoms with Crippen molar-refractivity contribution in [1.82, 2.24) is 14.1 Å². The molecule has 184 valence electrons. The second-order valence-corrected chi connectivity index (χ2v) is 11.2. The van der Waals surface area contributed by atoms with Gasteiger partial charge in [-0.25, -0.2) is 8.42 Å². The van der Waals surface area contributed by atoms with E-state index in [-0.39, 0.29) is 23.7 Å². The van der Waals surface area contributed by atoms with Gasteiger partial charge in [0, 0.05) is 51.1 Å². The monoisotopic (exact) mass is 485 g/mol. The number of carbonyl (C=O) groups excluding carboxylic acids is 2. The lowest BCUT2D eigenvalue weighted by Gasteiger charge is -2.37. The van der Waals surface area contributed by atoms with Crippen LogP contribution >= 0.6 is 0 Å². The smallest absolute Gasteiger partial charge is 0.243 e. The topological polar surface area (TPSA) is 78.0 Å². The molecular weight excluding hydrogens is 450 g/mol. The Morgan fingerprint density at radius 2 is 1.44 bits per heavy atom. The first-order valence-corrected chi connectivity index (χ1v) is 13.9. The first kappa shape index (κ1) is 24.7. The van der Waals surface area contributed by atoms with Crippen molar-refractivity contribution in [3.63, 3.8) is 0 Å². The SMILES string of the molecule is CCN(CC)C(=O)C1CCN(C(=O)C2CCN(S(=O)(=O)c3ccc4ccccc4c3)CC2)CC1. The number of benzene rings is 2. The zero-order valence-electron chi connectivity index (χ0n) is 20.2. The Morgan fingerprint density at radius 1 is 0.853 bits per heavy atom. The summed E-state index contributed by atoms with van der Waals surface area (Å²) in [6.45, 7) is 7.33. The number of hydrogen-bond acceptors (Lipinski definition) is 4. The number of rotatable bonds is 6. The van der Waals surface area contributed by atoms with Gasteiger partial charge in [-0.15, -0.1) is 0 Å². The summed E-state index contributed by atoms with van der Waals surface area (Å²) in [4.78, 5) is 29.8. The zero-order chi connectivity index (χ0) is 24.3. The van der Waals surface area contributed by atoms with Crippen LogP contribution in [0.25, 0.3) is 10.8 Å². The Hall–Kier alpha value is -2.45. The minimum atomic E-state index is -3.59. The van der Waals surface area contributed by atoms with Gasteiger partial charge in [-0.2, -0.15) is 4.31 Å². The number of piperidine rings is 2. The first-order valence-electron chi connectivity index (χ1n) is 12.4. The Labute approximate surface area is 202 Å². The van der Waals surface area contributed by atoms with Gasteiger partial charge in [0.2, 0.25) is 21.8 Å². The van der Waals surface area contributed by atoms with E-state index in [9.17, 15) is 18.0 Å². The molecule has 0 N–H and O–H groups in total. The Morgan fingerprint density at radius 3 is 2.06 bits per heavy atom. The summed E-state index contributed by atoms with van der Waals surface area (Å²) in [6.07, 6.45) is 2.47. The number of nitrogens with zero attached hydrogens (tertiary/aromatic N) is 3. The molecule has 0 aromatic heterocycles. The van der Waals surface area contributed by atoms with Crippen LogP contribution in [-0.2, 0) is 19.6 Å². The van der Waals surface area contributed by atoms with E-state index in [0.29, 0.717) is 56.8 Å². The maximum absolute atomic E-state index is 13.2. The molecule has 2 aromatic rings. The molecular formula is C26H35N3O4S. The molecule has 2 heterocycles. The predicted molar refractivity (Wildman–Crippen MR) is 133 cm³/mol. The van der Waals surface area contributed by atoms with Gasteiger partial charge in [0.1, 0.15) is 0 Å². The van der Waals surface area contributed by atoms with Crippen LogP contribution in [-0.4, -0.2) is 73.6 Å². The fourth-order valence-electron chi connectivity index (χ4n) is 5.22. The van der Waals surface area contributed by atoms with Crippen LogP contribution in [0.4, 0.5) is 0 Å². The molecule has 2 aromatic carbocycles. The molecule has 2 aliphatic heterocycles. The predicted octanol–water partition coefficient (Wildman–Crippen LogP) is 3.35. The minimum Gasteiger partial charge on any atom is -0.343 e. The van der Waals surface area contributed by atoms with Crippen LogP contribution in [0, 0.1) is 11.8 Å². The fraction of sp³-hybridized carbons (Fsp3) is 0.538. The number of fused-ring (bicyclic) bond motifs is 1. The van der Waals surface area contributed by atoms with E-state index in [1.54, 1.807) is 12.1 Å². The highest BCUT2D eigenvalue weighted by Crippen LogP contribution is 2.28. The quantitative estimate of drug-likeness (QED) is 0.629. The molecule has 2 fully saturated rings. The van der Waals surface area contributed by atoms with Crippen LogP contribution in [0.2, 0.25) is 0 Å². The van der Waals surface area contributed by atoms with Gasteiger partial charge >= 0.3 is 0 Å². The second kappa shape index (κ2) is 10.4. The Kier molecular flexibility index (Phi) is 7.57. The van der Waals surface area contributed by atoms with Crippen LogP contribution in [0.5, 0.6) is 0 Å². The van der Waals surface area contributed by atoms with Gasteiger partial charge in [0.15, 0.2) is 0 Å². The molecule has 34 heavy (non-hydrogen) atoms. The van der Waals surface area contributed by atoms with Crippen molar-refractivity contribution < 1.29 is 18.0 Å². The molecule has 0 radical (unpaired) electrons. The van der Waals surface area contributed by atoms with Crippen LogP contribution in [0.15, 0.2) is 47.4 Å². The summed E-state index contributed by atoms with van der Waals surface area (Å²) in [5.74, 6) is 0.150. The van der Waals surface area contributed by atoms with Gasteiger partial charge in [0.25, 0.3) is 0 Å². The number of hydrogen-bond donors (Lipinski definition) is 0. The molecule has 7 nitrogen and oxygen atoms in total. The molecule has 0 unspecified atom stereocenters.